The van der Waals surface area contributed by atoms with Crippen LogP contribution in [0.1, 0.15) is 49.1 Å². The van der Waals surface area contributed by atoms with Gasteiger partial charge in [0.1, 0.15) is 17.3 Å². The Bertz CT molecular complexity index is 737. The second-order valence-electron chi connectivity index (χ2n) is 6.71. The van der Waals surface area contributed by atoms with Crippen molar-refractivity contribution < 1.29 is 9.18 Å². The Morgan fingerprint density at radius 3 is 2.92 bits per heavy atom. The number of hydrogen-bond donors (Lipinski definition) is 2. The van der Waals surface area contributed by atoms with Crippen molar-refractivity contribution >= 4 is 5.91 Å². The van der Waals surface area contributed by atoms with Crippen molar-refractivity contribution in [1.29, 1.82) is 0 Å². The van der Waals surface area contributed by atoms with Crippen LogP contribution in [0.4, 0.5) is 4.39 Å². The molecule has 1 unspecified atom stereocenters. The molecule has 1 amide bonds. The summed E-state index contributed by atoms with van der Waals surface area (Å²) in [5.41, 5.74) is 0.301. The van der Waals surface area contributed by atoms with Gasteiger partial charge < -0.3 is 10.6 Å². The molecule has 3 rings (SSSR count). The first-order chi connectivity index (χ1) is 12.1. The number of halogens is 1. The molecule has 0 saturated carbocycles. The molecular weight excluding hydrogens is 321 g/mol. The molecule has 0 bridgehead atoms. The standard InChI is InChI=1S/C18H24FN5O/c1-12(2)17-22-16(18(25)21-10-8-13-7-9-20-11-13)23-24(17)15-6-4-3-5-14(15)19/h3-6,12-13,20H,7-11H2,1-2H3,(H,21,25). The number of carbonyl (C=O) groups excluding carboxylic acids is 1. The summed E-state index contributed by atoms with van der Waals surface area (Å²) in [5.74, 6) is 0.554. The molecule has 0 radical (unpaired) electrons. The SMILES string of the molecule is CC(C)c1nc(C(=O)NCCC2CCNC2)nn1-c1ccccc1F. The monoisotopic (exact) mass is 345 g/mol. The minimum absolute atomic E-state index is 0.0122. The van der Waals surface area contributed by atoms with Gasteiger partial charge in [0.15, 0.2) is 0 Å². The Morgan fingerprint density at radius 1 is 1.44 bits per heavy atom. The molecule has 1 aromatic heterocycles. The van der Waals surface area contributed by atoms with Crippen LogP contribution in [-0.4, -0.2) is 40.3 Å². The molecule has 1 saturated heterocycles. The summed E-state index contributed by atoms with van der Waals surface area (Å²) in [6, 6.07) is 6.36. The zero-order valence-electron chi connectivity index (χ0n) is 14.6. The van der Waals surface area contributed by atoms with Crippen LogP contribution in [0.3, 0.4) is 0 Å². The maximum Gasteiger partial charge on any atom is 0.290 e. The van der Waals surface area contributed by atoms with Gasteiger partial charge in [-0.05, 0) is 44.0 Å². The third kappa shape index (κ3) is 4.04. The van der Waals surface area contributed by atoms with E-state index in [4.69, 9.17) is 0 Å². The number of nitrogens with zero attached hydrogens (tertiary/aromatic N) is 3. The molecule has 2 N–H and O–H groups in total. The molecular formula is C18H24FN5O. The van der Waals surface area contributed by atoms with Crippen LogP contribution in [-0.2, 0) is 0 Å². The Morgan fingerprint density at radius 2 is 2.24 bits per heavy atom. The van der Waals surface area contributed by atoms with Crippen LogP contribution in [0.15, 0.2) is 24.3 Å². The molecule has 134 valence electrons. The molecule has 0 spiro atoms. The van der Waals surface area contributed by atoms with E-state index in [-0.39, 0.29) is 17.6 Å². The fourth-order valence-electron chi connectivity index (χ4n) is 3.02. The summed E-state index contributed by atoms with van der Waals surface area (Å²) in [6.45, 7) is 6.53. The number of rotatable bonds is 6. The molecule has 1 aliphatic rings. The zero-order chi connectivity index (χ0) is 17.8. The lowest BCUT2D eigenvalue weighted by atomic mass is 10.1. The van der Waals surface area contributed by atoms with Crippen LogP contribution < -0.4 is 10.6 Å². The summed E-state index contributed by atoms with van der Waals surface area (Å²) in [7, 11) is 0. The number of hydrogen-bond acceptors (Lipinski definition) is 4. The van der Waals surface area contributed by atoms with Crippen LogP contribution in [0.25, 0.3) is 5.69 Å². The smallest absolute Gasteiger partial charge is 0.290 e. The number of aromatic nitrogens is 3. The Balaban J connectivity index is 1.74. The predicted molar refractivity (Wildman–Crippen MR) is 93.3 cm³/mol. The van der Waals surface area contributed by atoms with E-state index >= 15 is 0 Å². The molecule has 1 aromatic carbocycles. The average Bonchev–Trinajstić information content (AvgIpc) is 3.24. The van der Waals surface area contributed by atoms with Crippen LogP contribution in [0.5, 0.6) is 0 Å². The van der Waals surface area contributed by atoms with Gasteiger partial charge in [0.2, 0.25) is 5.82 Å². The fraction of sp³-hybridized carbons (Fsp3) is 0.500. The van der Waals surface area contributed by atoms with E-state index in [2.05, 4.69) is 20.7 Å². The van der Waals surface area contributed by atoms with Gasteiger partial charge in [0, 0.05) is 12.5 Å². The maximum atomic E-state index is 14.1. The molecule has 1 atom stereocenters. The Kier molecular flexibility index (Phi) is 5.43. The fourth-order valence-corrected chi connectivity index (χ4v) is 3.02. The summed E-state index contributed by atoms with van der Waals surface area (Å²) in [6.07, 6.45) is 2.08. The third-order valence-corrected chi connectivity index (χ3v) is 4.43. The zero-order valence-corrected chi connectivity index (χ0v) is 14.6. The maximum absolute atomic E-state index is 14.1. The first-order valence-corrected chi connectivity index (χ1v) is 8.77. The van der Waals surface area contributed by atoms with Crippen molar-refractivity contribution in [1.82, 2.24) is 25.4 Å². The highest BCUT2D eigenvalue weighted by Gasteiger charge is 2.21. The highest BCUT2D eigenvalue weighted by Crippen LogP contribution is 2.19. The van der Waals surface area contributed by atoms with E-state index < -0.39 is 5.82 Å². The van der Waals surface area contributed by atoms with Gasteiger partial charge in [0.05, 0.1) is 0 Å². The average molecular weight is 345 g/mol. The van der Waals surface area contributed by atoms with E-state index in [1.165, 1.54) is 10.7 Å². The van der Waals surface area contributed by atoms with E-state index in [0.29, 0.717) is 24.0 Å². The van der Waals surface area contributed by atoms with E-state index in [1.54, 1.807) is 18.2 Å². The lowest BCUT2D eigenvalue weighted by molar-refractivity contribution is 0.0941. The third-order valence-electron chi connectivity index (χ3n) is 4.43. The van der Waals surface area contributed by atoms with Crippen LogP contribution >= 0.6 is 0 Å². The second-order valence-corrected chi connectivity index (χ2v) is 6.71. The summed E-state index contributed by atoms with van der Waals surface area (Å²) < 4.78 is 15.5. The Hall–Kier alpha value is -2.28. The molecule has 6 nitrogen and oxygen atoms in total. The lowest BCUT2D eigenvalue weighted by Gasteiger charge is -2.08. The van der Waals surface area contributed by atoms with Gasteiger partial charge in [-0.3, -0.25) is 4.79 Å². The second kappa shape index (κ2) is 7.74. The first-order valence-electron chi connectivity index (χ1n) is 8.77. The normalized spacial score (nSPS) is 17.2. The van der Waals surface area contributed by atoms with Crippen LogP contribution in [0, 0.1) is 11.7 Å². The number of nitrogens with one attached hydrogen (secondary N) is 2. The quantitative estimate of drug-likeness (QED) is 0.842. The van der Waals surface area contributed by atoms with E-state index in [9.17, 15) is 9.18 Å². The van der Waals surface area contributed by atoms with Gasteiger partial charge in [-0.1, -0.05) is 26.0 Å². The highest BCUT2D eigenvalue weighted by molar-refractivity contribution is 5.90. The van der Waals surface area contributed by atoms with Crippen molar-refractivity contribution in [2.45, 2.75) is 32.6 Å². The Labute approximate surface area is 146 Å². The summed E-state index contributed by atoms with van der Waals surface area (Å²) >= 11 is 0. The number of amides is 1. The molecule has 2 heterocycles. The van der Waals surface area contributed by atoms with Gasteiger partial charge in [-0.25, -0.2) is 14.1 Å². The van der Waals surface area contributed by atoms with E-state index in [1.807, 2.05) is 13.8 Å². The van der Waals surface area contributed by atoms with Gasteiger partial charge >= 0.3 is 0 Å². The predicted octanol–water partition coefficient (Wildman–Crippen LogP) is 2.26. The van der Waals surface area contributed by atoms with Crippen LogP contribution in [0.2, 0.25) is 0 Å². The van der Waals surface area contributed by atoms with Crippen molar-refractivity contribution in [3.8, 4) is 5.69 Å². The summed E-state index contributed by atoms with van der Waals surface area (Å²) in [4.78, 5) is 16.7. The first kappa shape index (κ1) is 17.5. The molecule has 7 heteroatoms. The highest BCUT2D eigenvalue weighted by atomic mass is 19.1. The lowest BCUT2D eigenvalue weighted by Crippen LogP contribution is -2.27. The molecule has 25 heavy (non-hydrogen) atoms. The minimum Gasteiger partial charge on any atom is -0.349 e. The van der Waals surface area contributed by atoms with Gasteiger partial charge in [0.25, 0.3) is 5.91 Å². The van der Waals surface area contributed by atoms with Crippen molar-refractivity contribution in [3.63, 3.8) is 0 Å². The summed E-state index contributed by atoms with van der Waals surface area (Å²) in [5, 5.41) is 10.4. The molecule has 1 aliphatic heterocycles. The largest absolute Gasteiger partial charge is 0.349 e. The molecule has 2 aromatic rings. The number of para-hydroxylation sites is 1. The number of benzene rings is 1. The topological polar surface area (TPSA) is 71.8 Å². The van der Waals surface area contributed by atoms with Gasteiger partial charge in [-0.2, -0.15) is 0 Å². The minimum atomic E-state index is -0.394. The van der Waals surface area contributed by atoms with Gasteiger partial charge in [-0.15, -0.1) is 5.10 Å². The molecule has 1 fully saturated rings. The van der Waals surface area contributed by atoms with Crippen molar-refractivity contribution in [2.75, 3.05) is 19.6 Å². The van der Waals surface area contributed by atoms with Crippen molar-refractivity contribution in [2.24, 2.45) is 5.92 Å². The van der Waals surface area contributed by atoms with Crippen molar-refractivity contribution in [3.05, 3.63) is 41.7 Å². The number of carbonyl (C=O) groups is 1. The van der Waals surface area contributed by atoms with E-state index in [0.717, 1.165) is 25.9 Å². The molecule has 0 aliphatic carbocycles.